The molecule has 0 bridgehead atoms. The Morgan fingerprint density at radius 3 is 3.15 bits per heavy atom. The van der Waals surface area contributed by atoms with Crippen molar-refractivity contribution >= 4 is 17.2 Å². The van der Waals surface area contributed by atoms with Crippen LogP contribution < -0.4 is 4.90 Å². The molecule has 0 saturated carbocycles. The fourth-order valence-corrected chi connectivity index (χ4v) is 3.69. The van der Waals surface area contributed by atoms with Crippen molar-refractivity contribution in [1.29, 1.82) is 0 Å². The molecule has 2 N–H and O–H groups in total. The van der Waals surface area contributed by atoms with Crippen LogP contribution in [0.3, 0.4) is 0 Å². The Bertz CT molecular complexity index is 917. The first-order chi connectivity index (χ1) is 12.7. The Hall–Kier alpha value is -2.74. The van der Waals surface area contributed by atoms with Gasteiger partial charge < -0.3 is 10.0 Å². The predicted molar refractivity (Wildman–Crippen MR) is 96.4 cm³/mol. The zero-order valence-corrected chi connectivity index (χ0v) is 14.7. The molecule has 4 rings (SSSR count). The molecule has 26 heavy (non-hydrogen) atoms. The van der Waals surface area contributed by atoms with Gasteiger partial charge in [0.15, 0.2) is 11.4 Å². The van der Waals surface area contributed by atoms with E-state index in [1.165, 1.54) is 0 Å². The van der Waals surface area contributed by atoms with Gasteiger partial charge in [-0.3, -0.25) is 9.89 Å². The van der Waals surface area contributed by atoms with Crippen LogP contribution in [0.4, 0.5) is 5.82 Å². The summed E-state index contributed by atoms with van der Waals surface area (Å²) in [6.45, 7) is 3.39. The minimum absolute atomic E-state index is 0.0126. The second-order valence-corrected chi connectivity index (χ2v) is 6.69. The molecule has 1 aliphatic heterocycles. The lowest BCUT2D eigenvalue weighted by Gasteiger charge is -2.32. The summed E-state index contributed by atoms with van der Waals surface area (Å²) in [5, 5.41) is 21.4. The van der Waals surface area contributed by atoms with Gasteiger partial charge in [0, 0.05) is 31.0 Å². The van der Waals surface area contributed by atoms with Gasteiger partial charge in [-0.2, -0.15) is 10.2 Å². The molecule has 3 aromatic rings. The van der Waals surface area contributed by atoms with Crippen molar-refractivity contribution in [2.75, 3.05) is 18.0 Å². The van der Waals surface area contributed by atoms with Gasteiger partial charge in [-0.1, -0.05) is 6.92 Å². The summed E-state index contributed by atoms with van der Waals surface area (Å²) in [6, 6.07) is 1.78. The highest BCUT2D eigenvalue weighted by Gasteiger charge is 2.30. The number of ketones is 1. The molecule has 136 valence electrons. The van der Waals surface area contributed by atoms with E-state index >= 15 is 0 Å². The van der Waals surface area contributed by atoms with E-state index in [0.29, 0.717) is 24.2 Å². The first-order valence-corrected chi connectivity index (χ1v) is 8.98. The Labute approximate surface area is 150 Å². The molecule has 1 saturated heterocycles. The van der Waals surface area contributed by atoms with Crippen molar-refractivity contribution in [1.82, 2.24) is 24.8 Å². The number of fused-ring (bicyclic) bond motifs is 1. The number of rotatable bonds is 5. The first kappa shape index (κ1) is 16.7. The number of Topliss-reactive ketones (excluding diaryl/α,β-unsaturated/α-hetero) is 1. The van der Waals surface area contributed by atoms with Gasteiger partial charge in [-0.25, -0.2) is 9.50 Å². The summed E-state index contributed by atoms with van der Waals surface area (Å²) < 4.78 is 1.61. The van der Waals surface area contributed by atoms with E-state index in [2.05, 4.69) is 25.2 Å². The van der Waals surface area contributed by atoms with Crippen LogP contribution >= 0.6 is 0 Å². The van der Waals surface area contributed by atoms with Crippen molar-refractivity contribution in [3.05, 3.63) is 42.0 Å². The van der Waals surface area contributed by atoms with Crippen LogP contribution in [0.1, 0.15) is 48.0 Å². The van der Waals surface area contributed by atoms with Crippen LogP contribution in [0, 0.1) is 0 Å². The van der Waals surface area contributed by atoms with Gasteiger partial charge in [0.1, 0.15) is 5.82 Å². The maximum atomic E-state index is 13.2. The Morgan fingerprint density at radius 2 is 2.35 bits per heavy atom. The van der Waals surface area contributed by atoms with Gasteiger partial charge >= 0.3 is 0 Å². The largest absolute Gasteiger partial charge is 0.391 e. The maximum absolute atomic E-state index is 13.2. The van der Waals surface area contributed by atoms with Gasteiger partial charge in [0.25, 0.3) is 0 Å². The summed E-state index contributed by atoms with van der Waals surface area (Å²) in [4.78, 5) is 19.6. The standard InChI is InChI=1S/C18H22N6O2/c1-2-13(16(26)15-10-21-24-8-4-6-19-17(15)24)14-9-20-22-18(14)23-7-3-5-12(25)11-23/h4,6,8-10,12-13,25H,2-3,5,7,11H2,1H3,(H,20,22). The third kappa shape index (κ3) is 2.86. The van der Waals surface area contributed by atoms with Crippen LogP contribution in [-0.2, 0) is 0 Å². The van der Waals surface area contributed by atoms with E-state index in [9.17, 15) is 9.90 Å². The van der Waals surface area contributed by atoms with Crippen molar-refractivity contribution in [2.45, 2.75) is 38.2 Å². The number of aliphatic hydroxyl groups is 1. The fraction of sp³-hybridized carbons (Fsp3) is 0.444. The average molecular weight is 354 g/mol. The lowest BCUT2D eigenvalue weighted by Crippen LogP contribution is -2.39. The highest BCUT2D eigenvalue weighted by molar-refractivity contribution is 6.05. The number of hydrogen-bond donors (Lipinski definition) is 2. The van der Waals surface area contributed by atoms with Crippen LogP contribution in [0.25, 0.3) is 5.65 Å². The van der Waals surface area contributed by atoms with Crippen LogP contribution in [0.2, 0.25) is 0 Å². The van der Waals surface area contributed by atoms with E-state index in [4.69, 9.17) is 0 Å². The molecule has 1 fully saturated rings. The van der Waals surface area contributed by atoms with Crippen molar-refractivity contribution in [3.8, 4) is 0 Å². The Kier molecular flexibility index (Phi) is 4.42. The normalized spacial score (nSPS) is 19.0. The minimum atomic E-state index is -0.348. The van der Waals surface area contributed by atoms with Gasteiger partial charge in [-0.15, -0.1) is 0 Å². The number of aliphatic hydroxyl groups excluding tert-OH is 1. The number of piperidine rings is 1. The molecule has 8 heteroatoms. The summed E-state index contributed by atoms with van der Waals surface area (Å²) in [5.74, 6) is 0.479. The number of carbonyl (C=O) groups is 1. The highest BCUT2D eigenvalue weighted by atomic mass is 16.3. The molecule has 8 nitrogen and oxygen atoms in total. The van der Waals surface area contributed by atoms with Crippen LogP contribution in [-0.4, -0.2) is 54.9 Å². The number of aromatic amines is 1. The van der Waals surface area contributed by atoms with Gasteiger partial charge in [-0.05, 0) is 25.3 Å². The predicted octanol–water partition coefficient (Wildman–Crippen LogP) is 1.79. The number of hydrogen-bond acceptors (Lipinski definition) is 6. The summed E-state index contributed by atoms with van der Waals surface area (Å²) in [7, 11) is 0. The topological polar surface area (TPSA) is 99.4 Å². The van der Waals surface area contributed by atoms with Gasteiger partial charge in [0.05, 0.1) is 30.0 Å². The van der Waals surface area contributed by atoms with E-state index in [0.717, 1.165) is 30.8 Å². The SMILES string of the molecule is CCC(C(=O)c1cnn2cccnc12)c1cn[nH]c1N1CCCC(O)C1. The Morgan fingerprint density at radius 1 is 1.46 bits per heavy atom. The van der Waals surface area contributed by atoms with Crippen LogP contribution in [0.5, 0.6) is 0 Å². The number of nitrogens with one attached hydrogen (secondary N) is 1. The smallest absolute Gasteiger partial charge is 0.175 e. The number of β-amino-alcohol motifs (C(OH)–C–C–N with tert-alkyl or cyclic N) is 1. The number of nitrogens with zero attached hydrogens (tertiary/aromatic N) is 5. The number of anilines is 1. The quantitative estimate of drug-likeness (QED) is 0.678. The second-order valence-electron chi connectivity index (χ2n) is 6.69. The Balaban J connectivity index is 1.68. The first-order valence-electron chi connectivity index (χ1n) is 8.98. The van der Waals surface area contributed by atoms with E-state index < -0.39 is 0 Å². The fourth-order valence-electron chi connectivity index (χ4n) is 3.69. The minimum Gasteiger partial charge on any atom is -0.391 e. The number of aromatic nitrogens is 5. The van der Waals surface area contributed by atoms with E-state index in [1.54, 1.807) is 35.4 Å². The highest BCUT2D eigenvalue weighted by Crippen LogP contribution is 2.32. The summed E-state index contributed by atoms with van der Waals surface area (Å²) in [5.41, 5.74) is 1.94. The lowest BCUT2D eigenvalue weighted by molar-refractivity contribution is 0.0959. The number of carbonyl (C=O) groups excluding carboxylic acids is 1. The molecule has 1 aliphatic rings. The van der Waals surface area contributed by atoms with Gasteiger partial charge in [0.2, 0.25) is 0 Å². The molecular weight excluding hydrogens is 332 g/mol. The molecule has 2 unspecified atom stereocenters. The molecule has 0 amide bonds. The molecule has 0 spiro atoms. The zero-order chi connectivity index (χ0) is 18.1. The summed E-state index contributed by atoms with van der Waals surface area (Å²) in [6.07, 6.45) is 8.77. The molecule has 3 aromatic heterocycles. The molecule has 0 aliphatic carbocycles. The molecular formula is C18H22N6O2. The lowest BCUT2D eigenvalue weighted by atomic mass is 9.90. The second kappa shape index (κ2) is 6.87. The third-order valence-corrected chi connectivity index (χ3v) is 5.01. The number of H-pyrrole nitrogens is 1. The van der Waals surface area contributed by atoms with E-state index in [-0.39, 0.29) is 17.8 Å². The monoisotopic (exact) mass is 354 g/mol. The average Bonchev–Trinajstić information content (AvgIpc) is 3.29. The third-order valence-electron chi connectivity index (χ3n) is 5.01. The molecule has 0 radical (unpaired) electrons. The zero-order valence-electron chi connectivity index (χ0n) is 14.7. The summed E-state index contributed by atoms with van der Waals surface area (Å²) >= 11 is 0. The molecule has 0 aromatic carbocycles. The van der Waals surface area contributed by atoms with E-state index in [1.807, 2.05) is 6.92 Å². The van der Waals surface area contributed by atoms with Crippen molar-refractivity contribution in [3.63, 3.8) is 0 Å². The van der Waals surface area contributed by atoms with Crippen molar-refractivity contribution < 1.29 is 9.90 Å². The molecule has 4 heterocycles. The van der Waals surface area contributed by atoms with Crippen LogP contribution in [0.15, 0.2) is 30.9 Å². The maximum Gasteiger partial charge on any atom is 0.175 e. The van der Waals surface area contributed by atoms with Crippen molar-refractivity contribution in [2.24, 2.45) is 0 Å². The molecule has 2 atom stereocenters.